The highest BCUT2D eigenvalue weighted by Crippen LogP contribution is 2.14. The summed E-state index contributed by atoms with van der Waals surface area (Å²) in [5, 5.41) is 0.616. The summed E-state index contributed by atoms with van der Waals surface area (Å²) < 4.78 is 0. The van der Waals surface area contributed by atoms with Crippen molar-refractivity contribution in [1.29, 1.82) is 0 Å². The van der Waals surface area contributed by atoms with Gasteiger partial charge in [-0.2, -0.15) is 0 Å². The van der Waals surface area contributed by atoms with E-state index in [9.17, 15) is 9.59 Å². The van der Waals surface area contributed by atoms with Crippen molar-refractivity contribution in [3.8, 4) is 0 Å². The van der Waals surface area contributed by atoms with E-state index >= 15 is 0 Å². The SMILES string of the molecule is O=C1CCN(C(=O)c2ccc(Cl)cc2)CC1. The molecule has 1 heterocycles. The summed E-state index contributed by atoms with van der Waals surface area (Å²) in [6, 6.07) is 6.82. The first kappa shape index (κ1) is 11.1. The molecule has 0 N–H and O–H groups in total. The lowest BCUT2D eigenvalue weighted by atomic mass is 10.1. The molecule has 4 heteroatoms. The molecule has 0 aromatic heterocycles. The van der Waals surface area contributed by atoms with Gasteiger partial charge in [0.05, 0.1) is 0 Å². The molecule has 0 saturated carbocycles. The van der Waals surface area contributed by atoms with E-state index in [-0.39, 0.29) is 11.7 Å². The zero-order valence-corrected chi connectivity index (χ0v) is 9.54. The van der Waals surface area contributed by atoms with Crippen molar-refractivity contribution in [2.45, 2.75) is 12.8 Å². The standard InChI is InChI=1S/C12H12ClNO2/c13-10-3-1-9(2-4-10)12(16)14-7-5-11(15)6-8-14/h1-4H,5-8H2. The van der Waals surface area contributed by atoms with E-state index in [0.29, 0.717) is 36.5 Å². The molecule has 2 rings (SSSR count). The van der Waals surface area contributed by atoms with E-state index in [2.05, 4.69) is 0 Å². The fraction of sp³-hybridized carbons (Fsp3) is 0.333. The number of benzene rings is 1. The molecule has 1 aliphatic heterocycles. The Morgan fingerprint density at radius 3 is 2.25 bits per heavy atom. The molecule has 3 nitrogen and oxygen atoms in total. The van der Waals surface area contributed by atoms with Gasteiger partial charge in [0.1, 0.15) is 5.78 Å². The Bertz CT molecular complexity index is 404. The van der Waals surface area contributed by atoms with Crippen LogP contribution in [0.15, 0.2) is 24.3 Å². The fourth-order valence-electron chi connectivity index (χ4n) is 1.73. The van der Waals surface area contributed by atoms with Crippen molar-refractivity contribution in [2.24, 2.45) is 0 Å². The van der Waals surface area contributed by atoms with Gasteiger partial charge in [0.15, 0.2) is 0 Å². The highest BCUT2D eigenvalue weighted by molar-refractivity contribution is 6.30. The maximum atomic E-state index is 12.0. The molecular formula is C12H12ClNO2. The number of nitrogens with zero attached hydrogens (tertiary/aromatic N) is 1. The van der Waals surface area contributed by atoms with Crippen molar-refractivity contribution in [3.63, 3.8) is 0 Å². The van der Waals surface area contributed by atoms with E-state index in [0.717, 1.165) is 0 Å². The first-order valence-corrected chi connectivity index (χ1v) is 5.61. The van der Waals surface area contributed by atoms with Crippen LogP contribution in [-0.4, -0.2) is 29.7 Å². The lowest BCUT2D eigenvalue weighted by molar-refractivity contribution is -0.120. The predicted molar refractivity (Wildman–Crippen MR) is 61.6 cm³/mol. The van der Waals surface area contributed by atoms with Crippen molar-refractivity contribution < 1.29 is 9.59 Å². The van der Waals surface area contributed by atoms with Crippen molar-refractivity contribution in [3.05, 3.63) is 34.9 Å². The van der Waals surface area contributed by atoms with Crippen molar-refractivity contribution >= 4 is 23.3 Å². The normalized spacial score (nSPS) is 16.3. The Hall–Kier alpha value is -1.35. The number of piperidine rings is 1. The van der Waals surface area contributed by atoms with E-state index in [1.165, 1.54) is 0 Å². The molecule has 1 fully saturated rings. The molecule has 1 amide bonds. The molecule has 16 heavy (non-hydrogen) atoms. The average molecular weight is 238 g/mol. The number of carbonyl (C=O) groups is 2. The lowest BCUT2D eigenvalue weighted by Gasteiger charge is -2.26. The molecule has 84 valence electrons. The predicted octanol–water partition coefficient (Wildman–Crippen LogP) is 2.15. The van der Waals surface area contributed by atoms with Gasteiger partial charge in [0.2, 0.25) is 0 Å². The number of amides is 1. The van der Waals surface area contributed by atoms with E-state index in [1.54, 1.807) is 29.2 Å². The topological polar surface area (TPSA) is 37.4 Å². The van der Waals surface area contributed by atoms with E-state index in [4.69, 9.17) is 11.6 Å². The fourth-order valence-corrected chi connectivity index (χ4v) is 1.86. The smallest absolute Gasteiger partial charge is 0.253 e. The second-order valence-electron chi connectivity index (χ2n) is 3.84. The summed E-state index contributed by atoms with van der Waals surface area (Å²) in [5.74, 6) is 0.212. The van der Waals surface area contributed by atoms with Gasteiger partial charge in [-0.3, -0.25) is 9.59 Å². The Morgan fingerprint density at radius 2 is 1.69 bits per heavy atom. The summed E-state index contributed by atoms with van der Waals surface area (Å²) in [5.41, 5.74) is 0.624. The van der Waals surface area contributed by atoms with Gasteiger partial charge in [-0.1, -0.05) is 11.6 Å². The summed E-state index contributed by atoms with van der Waals surface area (Å²) >= 11 is 5.75. The number of ketones is 1. The molecule has 0 atom stereocenters. The van der Waals surface area contributed by atoms with Gasteiger partial charge in [0.25, 0.3) is 5.91 Å². The van der Waals surface area contributed by atoms with Crippen LogP contribution in [0.1, 0.15) is 23.2 Å². The lowest BCUT2D eigenvalue weighted by Crippen LogP contribution is -2.38. The molecule has 0 unspecified atom stereocenters. The van der Waals surface area contributed by atoms with Gasteiger partial charge in [-0.05, 0) is 24.3 Å². The third-order valence-corrected chi connectivity index (χ3v) is 2.95. The van der Waals surface area contributed by atoms with Crippen LogP contribution in [0.5, 0.6) is 0 Å². The summed E-state index contributed by atoms with van der Waals surface area (Å²) in [7, 11) is 0. The van der Waals surface area contributed by atoms with Gasteiger partial charge >= 0.3 is 0 Å². The van der Waals surface area contributed by atoms with Crippen LogP contribution >= 0.6 is 11.6 Å². The average Bonchev–Trinajstić information content (AvgIpc) is 2.30. The number of Topliss-reactive ketones (excluding diaryl/α,β-unsaturated/α-hetero) is 1. The molecular weight excluding hydrogens is 226 g/mol. The summed E-state index contributed by atoms with van der Waals surface area (Å²) in [4.78, 5) is 24.8. The molecule has 1 aromatic rings. The molecule has 0 aliphatic carbocycles. The third-order valence-electron chi connectivity index (χ3n) is 2.70. The minimum atomic E-state index is -0.0239. The van der Waals surface area contributed by atoms with Gasteiger partial charge in [-0.15, -0.1) is 0 Å². The van der Waals surface area contributed by atoms with Crippen LogP contribution in [0.25, 0.3) is 0 Å². The van der Waals surface area contributed by atoms with Crippen LogP contribution in [0.3, 0.4) is 0 Å². The molecule has 0 bridgehead atoms. The molecule has 1 aromatic carbocycles. The number of carbonyl (C=O) groups excluding carboxylic acids is 2. The minimum absolute atomic E-state index is 0.0239. The quantitative estimate of drug-likeness (QED) is 0.751. The number of hydrogen-bond acceptors (Lipinski definition) is 2. The molecule has 1 aliphatic rings. The zero-order valence-electron chi connectivity index (χ0n) is 8.78. The second kappa shape index (κ2) is 4.66. The van der Waals surface area contributed by atoms with Crippen molar-refractivity contribution in [1.82, 2.24) is 4.90 Å². The number of hydrogen-bond donors (Lipinski definition) is 0. The van der Waals surface area contributed by atoms with Crippen LogP contribution in [0, 0.1) is 0 Å². The Morgan fingerprint density at radius 1 is 1.12 bits per heavy atom. The third kappa shape index (κ3) is 2.42. The van der Waals surface area contributed by atoms with E-state index in [1.807, 2.05) is 0 Å². The Labute approximate surface area is 99.0 Å². The molecule has 0 spiro atoms. The second-order valence-corrected chi connectivity index (χ2v) is 4.27. The largest absolute Gasteiger partial charge is 0.338 e. The molecule has 0 radical (unpaired) electrons. The van der Waals surface area contributed by atoms with Crippen LogP contribution in [-0.2, 0) is 4.79 Å². The summed E-state index contributed by atoms with van der Waals surface area (Å²) in [6.45, 7) is 1.06. The van der Waals surface area contributed by atoms with Gasteiger partial charge in [-0.25, -0.2) is 0 Å². The van der Waals surface area contributed by atoms with E-state index < -0.39 is 0 Å². The van der Waals surface area contributed by atoms with Crippen molar-refractivity contribution in [2.75, 3.05) is 13.1 Å². The van der Waals surface area contributed by atoms with Gasteiger partial charge in [0, 0.05) is 36.5 Å². The zero-order chi connectivity index (χ0) is 11.5. The minimum Gasteiger partial charge on any atom is -0.338 e. The highest BCUT2D eigenvalue weighted by atomic mass is 35.5. The first-order chi connectivity index (χ1) is 7.66. The maximum Gasteiger partial charge on any atom is 0.253 e. The van der Waals surface area contributed by atoms with Gasteiger partial charge < -0.3 is 4.90 Å². The number of halogens is 1. The summed E-state index contributed by atoms with van der Waals surface area (Å²) in [6.07, 6.45) is 0.943. The number of rotatable bonds is 1. The highest BCUT2D eigenvalue weighted by Gasteiger charge is 2.21. The monoisotopic (exact) mass is 237 g/mol. The maximum absolute atomic E-state index is 12.0. The van der Waals surface area contributed by atoms with Crippen LogP contribution < -0.4 is 0 Å². The first-order valence-electron chi connectivity index (χ1n) is 5.23. The van der Waals surface area contributed by atoms with Crippen LogP contribution in [0.4, 0.5) is 0 Å². The molecule has 1 saturated heterocycles. The Balaban J connectivity index is 2.07. The number of likely N-dealkylation sites (tertiary alicyclic amines) is 1. The van der Waals surface area contributed by atoms with Crippen LogP contribution in [0.2, 0.25) is 5.02 Å². The Kier molecular flexibility index (Phi) is 3.25.